The van der Waals surface area contributed by atoms with Gasteiger partial charge in [-0.25, -0.2) is 0 Å². The van der Waals surface area contributed by atoms with Gasteiger partial charge in [0.2, 0.25) is 0 Å². The van der Waals surface area contributed by atoms with Gasteiger partial charge < -0.3 is 15.2 Å². The van der Waals surface area contributed by atoms with Crippen LogP contribution in [-0.2, 0) is 0 Å². The first-order valence-corrected chi connectivity index (χ1v) is 7.04. The number of hydrogen-bond donors (Lipinski definition) is 2. The van der Waals surface area contributed by atoms with Crippen LogP contribution in [0.4, 0.5) is 0 Å². The van der Waals surface area contributed by atoms with E-state index in [2.05, 4.69) is 29.6 Å². The van der Waals surface area contributed by atoms with Crippen LogP contribution in [0.25, 0.3) is 6.08 Å². The number of hydrogen-bond acceptors (Lipinski definition) is 3. The maximum Gasteiger partial charge on any atom is 0.118 e. The lowest BCUT2D eigenvalue weighted by atomic mass is 10.1. The normalized spacial score (nSPS) is 12.5. The van der Waals surface area contributed by atoms with Gasteiger partial charge in [-0.05, 0) is 23.3 Å². The van der Waals surface area contributed by atoms with Gasteiger partial charge in [0.15, 0.2) is 0 Å². The smallest absolute Gasteiger partial charge is 0.118 e. The van der Waals surface area contributed by atoms with Crippen LogP contribution >= 0.6 is 0 Å². The van der Waals surface area contributed by atoms with Crippen molar-refractivity contribution in [2.24, 2.45) is 0 Å². The van der Waals surface area contributed by atoms with Crippen molar-refractivity contribution in [2.75, 3.05) is 20.2 Å². The number of nitrogens with one attached hydrogen (secondary N) is 1. The molecule has 2 N–H and O–H groups in total. The Morgan fingerprint density at radius 1 is 1.10 bits per heavy atom. The Morgan fingerprint density at radius 2 is 1.81 bits per heavy atom. The fourth-order valence-electron chi connectivity index (χ4n) is 2.01. The summed E-state index contributed by atoms with van der Waals surface area (Å²) < 4.78 is 5.10. The predicted molar refractivity (Wildman–Crippen MR) is 86.3 cm³/mol. The van der Waals surface area contributed by atoms with Gasteiger partial charge in [-0.3, -0.25) is 0 Å². The molecule has 0 aliphatic carbocycles. The minimum absolute atomic E-state index is 0.513. The number of methoxy groups -OCH3 is 1. The van der Waals surface area contributed by atoms with Gasteiger partial charge >= 0.3 is 0 Å². The van der Waals surface area contributed by atoms with Crippen molar-refractivity contribution in [3.63, 3.8) is 0 Å². The van der Waals surface area contributed by atoms with Crippen molar-refractivity contribution >= 4 is 6.08 Å². The predicted octanol–water partition coefficient (Wildman–Crippen LogP) is 3.03. The highest BCUT2D eigenvalue weighted by atomic mass is 16.5. The molecule has 3 heteroatoms. The van der Waals surface area contributed by atoms with Gasteiger partial charge in [-0.15, -0.1) is 0 Å². The second-order valence-corrected chi connectivity index (χ2v) is 4.76. The van der Waals surface area contributed by atoms with E-state index in [1.807, 2.05) is 42.5 Å². The van der Waals surface area contributed by atoms with Gasteiger partial charge in [0.1, 0.15) is 5.75 Å². The molecule has 2 rings (SSSR count). The molecule has 2 aromatic rings. The topological polar surface area (TPSA) is 41.5 Å². The van der Waals surface area contributed by atoms with Crippen molar-refractivity contribution in [1.29, 1.82) is 0 Å². The molecule has 110 valence electrons. The molecule has 0 heterocycles. The van der Waals surface area contributed by atoms with E-state index in [0.717, 1.165) is 17.9 Å². The zero-order chi connectivity index (χ0) is 14.9. The highest BCUT2D eigenvalue weighted by Crippen LogP contribution is 2.16. The third-order valence-corrected chi connectivity index (χ3v) is 3.21. The SMILES string of the molecule is COc1ccc(C(O)CNCC=Cc2ccccc2)cc1. The molecular formula is C18H21NO2. The quantitative estimate of drug-likeness (QED) is 0.767. The highest BCUT2D eigenvalue weighted by Gasteiger charge is 2.06. The summed E-state index contributed by atoms with van der Waals surface area (Å²) >= 11 is 0. The molecule has 1 unspecified atom stereocenters. The summed E-state index contributed by atoms with van der Waals surface area (Å²) in [7, 11) is 1.63. The van der Waals surface area contributed by atoms with Gasteiger partial charge in [0.25, 0.3) is 0 Å². The zero-order valence-corrected chi connectivity index (χ0v) is 12.2. The Morgan fingerprint density at radius 3 is 2.48 bits per heavy atom. The highest BCUT2D eigenvalue weighted by molar-refractivity contribution is 5.48. The molecule has 0 aliphatic rings. The van der Waals surface area contributed by atoms with E-state index in [1.165, 1.54) is 5.56 Å². The molecule has 0 aromatic heterocycles. The summed E-state index contributed by atoms with van der Waals surface area (Å²) in [6, 6.07) is 17.6. The summed E-state index contributed by atoms with van der Waals surface area (Å²) in [5, 5.41) is 13.3. The Kier molecular flexibility index (Phi) is 6.00. The first kappa shape index (κ1) is 15.3. The molecular weight excluding hydrogens is 262 g/mol. The number of ether oxygens (including phenoxy) is 1. The summed E-state index contributed by atoms with van der Waals surface area (Å²) in [6.07, 6.45) is 3.60. The van der Waals surface area contributed by atoms with Crippen molar-refractivity contribution in [1.82, 2.24) is 5.32 Å². The minimum atomic E-state index is -0.513. The molecule has 0 saturated carbocycles. The van der Waals surface area contributed by atoms with Crippen molar-refractivity contribution in [3.8, 4) is 5.75 Å². The van der Waals surface area contributed by atoms with Crippen LogP contribution in [-0.4, -0.2) is 25.3 Å². The molecule has 0 aliphatic heterocycles. The van der Waals surface area contributed by atoms with Crippen molar-refractivity contribution < 1.29 is 9.84 Å². The van der Waals surface area contributed by atoms with Crippen LogP contribution in [0.1, 0.15) is 17.2 Å². The molecule has 0 radical (unpaired) electrons. The van der Waals surface area contributed by atoms with E-state index < -0.39 is 6.10 Å². The maximum absolute atomic E-state index is 10.1. The van der Waals surface area contributed by atoms with Crippen LogP contribution < -0.4 is 10.1 Å². The third-order valence-electron chi connectivity index (χ3n) is 3.21. The van der Waals surface area contributed by atoms with Crippen LogP contribution in [0.3, 0.4) is 0 Å². The summed E-state index contributed by atoms with van der Waals surface area (Å²) in [5.41, 5.74) is 2.06. The van der Waals surface area contributed by atoms with Gasteiger partial charge in [-0.2, -0.15) is 0 Å². The molecule has 0 fully saturated rings. The van der Waals surface area contributed by atoms with Crippen LogP contribution in [0.5, 0.6) is 5.75 Å². The van der Waals surface area contributed by atoms with Gasteiger partial charge in [-0.1, -0.05) is 54.6 Å². The van der Waals surface area contributed by atoms with Crippen molar-refractivity contribution in [3.05, 3.63) is 71.8 Å². The number of aliphatic hydroxyl groups excluding tert-OH is 1. The lowest BCUT2D eigenvalue weighted by Crippen LogP contribution is -2.21. The van der Waals surface area contributed by atoms with E-state index in [9.17, 15) is 5.11 Å². The molecule has 0 spiro atoms. The molecule has 0 bridgehead atoms. The summed E-state index contributed by atoms with van der Waals surface area (Å²) in [6.45, 7) is 1.24. The Balaban J connectivity index is 1.73. The van der Waals surface area contributed by atoms with E-state index in [-0.39, 0.29) is 0 Å². The molecule has 2 aromatic carbocycles. The molecule has 0 saturated heterocycles. The standard InChI is InChI=1S/C18H21NO2/c1-21-17-11-9-16(10-12-17)18(20)14-19-13-5-8-15-6-3-2-4-7-15/h2-12,18-20H,13-14H2,1H3. The minimum Gasteiger partial charge on any atom is -0.497 e. The number of rotatable bonds is 7. The van der Waals surface area contributed by atoms with E-state index in [1.54, 1.807) is 7.11 Å². The zero-order valence-electron chi connectivity index (χ0n) is 12.2. The number of benzene rings is 2. The summed E-state index contributed by atoms with van der Waals surface area (Å²) in [4.78, 5) is 0. The lowest BCUT2D eigenvalue weighted by Gasteiger charge is -2.11. The van der Waals surface area contributed by atoms with E-state index >= 15 is 0 Å². The fraction of sp³-hybridized carbons (Fsp3) is 0.222. The van der Waals surface area contributed by atoms with Gasteiger partial charge in [0.05, 0.1) is 13.2 Å². The van der Waals surface area contributed by atoms with Gasteiger partial charge in [0, 0.05) is 13.1 Å². The monoisotopic (exact) mass is 283 g/mol. The molecule has 21 heavy (non-hydrogen) atoms. The Hall–Kier alpha value is -2.10. The second kappa shape index (κ2) is 8.25. The van der Waals surface area contributed by atoms with E-state index in [0.29, 0.717) is 6.54 Å². The first-order chi connectivity index (χ1) is 10.3. The van der Waals surface area contributed by atoms with Crippen LogP contribution in [0, 0.1) is 0 Å². The van der Waals surface area contributed by atoms with Crippen molar-refractivity contribution in [2.45, 2.75) is 6.10 Å². The largest absolute Gasteiger partial charge is 0.497 e. The van der Waals surface area contributed by atoms with E-state index in [4.69, 9.17) is 4.74 Å². The average molecular weight is 283 g/mol. The Bertz CT molecular complexity index is 549. The van der Waals surface area contributed by atoms with Crippen LogP contribution in [0.15, 0.2) is 60.7 Å². The maximum atomic E-state index is 10.1. The summed E-state index contributed by atoms with van der Waals surface area (Å²) in [5.74, 6) is 0.796. The number of aliphatic hydroxyl groups is 1. The molecule has 1 atom stereocenters. The molecule has 0 amide bonds. The fourth-order valence-corrected chi connectivity index (χ4v) is 2.01. The second-order valence-electron chi connectivity index (χ2n) is 4.76. The molecule has 3 nitrogen and oxygen atoms in total. The lowest BCUT2D eigenvalue weighted by molar-refractivity contribution is 0.176. The average Bonchev–Trinajstić information content (AvgIpc) is 2.55. The third kappa shape index (κ3) is 5.06. The first-order valence-electron chi connectivity index (χ1n) is 7.04. The Labute approximate surface area is 125 Å². The van der Waals surface area contributed by atoms with Crippen LogP contribution in [0.2, 0.25) is 0 Å².